The first-order valence-corrected chi connectivity index (χ1v) is 22.6. The summed E-state index contributed by atoms with van der Waals surface area (Å²) in [6.07, 6.45) is 8.86. The number of hydrogen-bond donors (Lipinski definition) is 2. The molecular formula is C49H56F2N4O3S. The molecule has 2 fully saturated rings. The van der Waals surface area contributed by atoms with Gasteiger partial charge in [-0.15, -0.1) is 0 Å². The topological polar surface area (TPSA) is 73.9 Å². The van der Waals surface area contributed by atoms with Crippen molar-refractivity contribution in [3.05, 3.63) is 161 Å². The number of anilines is 2. The number of aryl methyl sites for hydroxylation is 2. The minimum Gasteiger partial charge on any atom is -0.379 e. The minimum absolute atomic E-state index is 0.110. The molecule has 0 bridgehead atoms. The summed E-state index contributed by atoms with van der Waals surface area (Å²) >= 11 is 0. The number of hydrogen-bond acceptors (Lipinski definition) is 7. The van der Waals surface area contributed by atoms with Gasteiger partial charge in [0.15, 0.2) is 0 Å². The first-order valence-electron chi connectivity index (χ1n) is 21.2. The van der Waals surface area contributed by atoms with E-state index in [1.807, 2.05) is 55.5 Å². The van der Waals surface area contributed by atoms with Gasteiger partial charge in [-0.05, 0) is 130 Å². The van der Waals surface area contributed by atoms with Crippen LogP contribution in [0.4, 0.5) is 20.2 Å². The van der Waals surface area contributed by atoms with Crippen molar-refractivity contribution in [2.45, 2.75) is 99.9 Å². The average Bonchev–Trinajstić information content (AvgIpc) is 3.51. The minimum atomic E-state index is -3.89. The number of likely N-dealkylation sites (tertiary alicyclic amines) is 2. The number of fused-ring (bicyclic) bond motifs is 2. The molecule has 310 valence electrons. The third kappa shape index (κ3) is 10.2. The maximum absolute atomic E-state index is 13.2. The number of nitrogens with zero attached hydrogens (tertiary/aromatic N) is 2. The second-order valence-corrected chi connectivity index (χ2v) is 18.7. The molecule has 5 aromatic carbocycles. The van der Waals surface area contributed by atoms with E-state index in [4.69, 9.17) is 4.18 Å². The van der Waals surface area contributed by atoms with Gasteiger partial charge < -0.3 is 10.6 Å². The fourth-order valence-corrected chi connectivity index (χ4v) is 10.5. The van der Waals surface area contributed by atoms with Crippen molar-refractivity contribution in [2.24, 2.45) is 0 Å². The highest BCUT2D eigenvalue weighted by molar-refractivity contribution is 7.86. The monoisotopic (exact) mass is 818 g/mol. The van der Waals surface area contributed by atoms with E-state index < -0.39 is 16.2 Å². The van der Waals surface area contributed by atoms with Crippen LogP contribution in [-0.4, -0.2) is 55.5 Å². The van der Waals surface area contributed by atoms with E-state index in [1.165, 1.54) is 61.1 Å². The third-order valence-corrected chi connectivity index (χ3v) is 14.3. The van der Waals surface area contributed by atoms with Crippen molar-refractivity contribution in [3.63, 3.8) is 0 Å². The number of piperidine rings is 2. The standard InChI is InChI=1S/C28H31FN2O3S.C21H25FN2/c1-21-6-12-24(13-7-21)35(32,33)34-27-14-15-28(30-26-5-3-2-4-25(26)27)16-18-31(19-17-28)20-22-8-10-23(29)11-9-22;22-19-9-7-17(8-10-19)16-24-14-12-21(13-15-24)11-3-5-18-4-1-2-6-20(18)23-21/h2-13,27,30H,14-20H2,1H3;1-2,4,6-10,23H,3,5,11-16H2. The zero-order chi connectivity index (χ0) is 40.9. The van der Waals surface area contributed by atoms with Crippen LogP contribution in [0.3, 0.4) is 0 Å². The van der Waals surface area contributed by atoms with Crippen LogP contribution >= 0.6 is 0 Å². The summed E-state index contributed by atoms with van der Waals surface area (Å²) in [7, 11) is -3.89. The van der Waals surface area contributed by atoms with E-state index in [2.05, 4.69) is 44.7 Å². The Labute approximate surface area is 348 Å². The predicted octanol–water partition coefficient (Wildman–Crippen LogP) is 10.4. The lowest BCUT2D eigenvalue weighted by atomic mass is 9.83. The highest BCUT2D eigenvalue weighted by Gasteiger charge is 2.40. The zero-order valence-electron chi connectivity index (χ0n) is 34.0. The Hall–Kier alpha value is -4.61. The molecule has 4 aliphatic heterocycles. The van der Waals surface area contributed by atoms with E-state index in [-0.39, 0.29) is 27.6 Å². The van der Waals surface area contributed by atoms with Crippen molar-refractivity contribution in [1.29, 1.82) is 0 Å². The Bertz CT molecular complexity index is 2270. The molecule has 4 aliphatic rings. The predicted molar refractivity (Wildman–Crippen MR) is 232 cm³/mol. The molecule has 0 aromatic heterocycles. The van der Waals surface area contributed by atoms with E-state index in [9.17, 15) is 17.2 Å². The summed E-state index contributed by atoms with van der Waals surface area (Å²) in [5.41, 5.74) is 8.08. The Morgan fingerprint density at radius 1 is 0.627 bits per heavy atom. The molecule has 4 heterocycles. The van der Waals surface area contributed by atoms with Gasteiger partial charge in [-0.1, -0.05) is 78.4 Å². The van der Waals surface area contributed by atoms with Crippen LogP contribution in [0.1, 0.15) is 85.3 Å². The molecule has 0 amide bonds. The summed E-state index contributed by atoms with van der Waals surface area (Å²) in [4.78, 5) is 5.07. The molecule has 0 saturated carbocycles. The van der Waals surface area contributed by atoms with Gasteiger partial charge in [0.25, 0.3) is 10.1 Å². The molecule has 5 aromatic rings. The third-order valence-electron chi connectivity index (χ3n) is 12.9. The lowest BCUT2D eigenvalue weighted by Gasteiger charge is -2.42. The fourth-order valence-electron chi connectivity index (χ4n) is 9.37. The highest BCUT2D eigenvalue weighted by atomic mass is 32.2. The molecular weight excluding hydrogens is 763 g/mol. The van der Waals surface area contributed by atoms with E-state index in [0.29, 0.717) is 6.42 Å². The maximum Gasteiger partial charge on any atom is 0.297 e. The molecule has 0 radical (unpaired) electrons. The van der Waals surface area contributed by atoms with Gasteiger partial charge in [-0.25, -0.2) is 8.78 Å². The van der Waals surface area contributed by atoms with Crippen molar-refractivity contribution in [1.82, 2.24) is 9.80 Å². The number of rotatable bonds is 7. The fraction of sp³-hybridized carbons (Fsp3) is 0.388. The molecule has 0 aliphatic carbocycles. The Morgan fingerprint density at radius 3 is 1.73 bits per heavy atom. The molecule has 1 unspecified atom stereocenters. The van der Waals surface area contributed by atoms with E-state index in [1.54, 1.807) is 36.4 Å². The molecule has 10 heteroatoms. The van der Waals surface area contributed by atoms with Gasteiger partial charge in [-0.3, -0.25) is 14.0 Å². The lowest BCUT2D eigenvalue weighted by molar-refractivity contribution is 0.143. The van der Waals surface area contributed by atoms with Crippen LogP contribution in [0.2, 0.25) is 0 Å². The van der Waals surface area contributed by atoms with Gasteiger partial charge in [0.1, 0.15) is 17.7 Å². The van der Waals surface area contributed by atoms with Gasteiger partial charge in [-0.2, -0.15) is 8.42 Å². The van der Waals surface area contributed by atoms with Crippen molar-refractivity contribution >= 4 is 21.5 Å². The second-order valence-electron chi connectivity index (χ2n) is 17.1. The molecule has 2 spiro atoms. The van der Waals surface area contributed by atoms with Gasteiger partial charge in [0, 0.05) is 67.3 Å². The van der Waals surface area contributed by atoms with Crippen LogP contribution in [0.5, 0.6) is 0 Å². The highest BCUT2D eigenvalue weighted by Crippen LogP contribution is 2.43. The van der Waals surface area contributed by atoms with Crippen LogP contribution in [0.25, 0.3) is 0 Å². The Balaban J connectivity index is 0.000000176. The smallest absolute Gasteiger partial charge is 0.297 e. The van der Waals surface area contributed by atoms with Crippen LogP contribution in [0.15, 0.2) is 126 Å². The second kappa shape index (κ2) is 17.9. The summed E-state index contributed by atoms with van der Waals surface area (Å²) in [5.74, 6) is -0.369. The van der Waals surface area contributed by atoms with Crippen LogP contribution in [0, 0.1) is 18.6 Å². The molecule has 9 rings (SSSR count). The number of benzene rings is 5. The number of para-hydroxylation sites is 2. The first-order chi connectivity index (χ1) is 28.5. The molecule has 2 N–H and O–H groups in total. The Morgan fingerprint density at radius 2 is 1.14 bits per heavy atom. The molecule has 59 heavy (non-hydrogen) atoms. The van der Waals surface area contributed by atoms with Gasteiger partial charge in [0.05, 0.1) is 4.90 Å². The molecule has 1 atom stereocenters. The normalized spacial score (nSPS) is 20.2. The van der Waals surface area contributed by atoms with Crippen LogP contribution < -0.4 is 10.6 Å². The summed E-state index contributed by atoms with van der Waals surface area (Å²) in [5, 5.41) is 7.67. The molecule has 2 saturated heterocycles. The van der Waals surface area contributed by atoms with Crippen LogP contribution in [-0.2, 0) is 33.8 Å². The largest absolute Gasteiger partial charge is 0.379 e. The van der Waals surface area contributed by atoms with Gasteiger partial charge in [0.2, 0.25) is 0 Å². The number of halogens is 2. The van der Waals surface area contributed by atoms with E-state index in [0.717, 1.165) is 80.9 Å². The lowest BCUT2D eigenvalue weighted by Crippen LogP contribution is -2.48. The maximum atomic E-state index is 13.2. The van der Waals surface area contributed by atoms with Crippen molar-refractivity contribution < 1.29 is 21.4 Å². The average molecular weight is 819 g/mol. The summed E-state index contributed by atoms with van der Waals surface area (Å²) in [6.45, 7) is 7.69. The van der Waals surface area contributed by atoms with Crippen molar-refractivity contribution in [2.75, 3.05) is 36.8 Å². The van der Waals surface area contributed by atoms with Crippen molar-refractivity contribution in [3.8, 4) is 0 Å². The quantitative estimate of drug-likeness (QED) is 0.159. The van der Waals surface area contributed by atoms with E-state index >= 15 is 0 Å². The zero-order valence-corrected chi connectivity index (χ0v) is 34.8. The first kappa shape index (κ1) is 41.1. The summed E-state index contributed by atoms with van der Waals surface area (Å²) in [6, 6.07) is 37.0. The summed E-state index contributed by atoms with van der Waals surface area (Å²) < 4.78 is 58.3. The Kier molecular flexibility index (Phi) is 12.5. The SMILES string of the molecule is Cc1ccc(S(=O)(=O)OC2CCC3(CCN(Cc4ccc(F)cc4)CC3)Nc3ccccc32)cc1.Fc1ccc(CN2CCC3(CCCc4ccccc4N3)CC2)cc1. The number of nitrogens with one attached hydrogen (secondary N) is 2. The molecule has 7 nitrogen and oxygen atoms in total. The van der Waals surface area contributed by atoms with Gasteiger partial charge >= 0.3 is 0 Å².